The Bertz CT molecular complexity index is 1020. The first-order chi connectivity index (χ1) is 14.1. The Morgan fingerprint density at radius 1 is 1.03 bits per heavy atom. The van der Waals surface area contributed by atoms with Crippen molar-refractivity contribution in [2.75, 3.05) is 13.1 Å². The Morgan fingerprint density at radius 2 is 1.62 bits per heavy atom. The number of aromatic nitrogens is 2. The van der Waals surface area contributed by atoms with Gasteiger partial charge in [-0.05, 0) is 17.5 Å². The lowest BCUT2D eigenvalue weighted by Gasteiger charge is -2.39. The zero-order chi connectivity index (χ0) is 20.4. The van der Waals surface area contributed by atoms with Crippen LogP contribution in [0.5, 0.6) is 5.75 Å². The van der Waals surface area contributed by atoms with Crippen LogP contribution in [0.3, 0.4) is 0 Å². The minimum Gasteiger partial charge on any atom is -0.502 e. The Labute approximate surface area is 169 Å². The fraction of sp³-hybridized carbons (Fsp3) is 0.261. The second-order valence-electron chi connectivity index (χ2n) is 7.27. The van der Waals surface area contributed by atoms with E-state index in [0.717, 1.165) is 23.7 Å². The highest BCUT2D eigenvalue weighted by atomic mass is 16.3. The molecule has 0 spiro atoms. The van der Waals surface area contributed by atoms with Crippen LogP contribution < -0.4 is 5.43 Å². The molecule has 2 aromatic carbocycles. The fourth-order valence-electron chi connectivity index (χ4n) is 4.11. The summed E-state index contributed by atoms with van der Waals surface area (Å²) >= 11 is 0. The molecule has 0 aliphatic carbocycles. The molecule has 4 rings (SSSR count). The summed E-state index contributed by atoms with van der Waals surface area (Å²) in [5.74, 6) is -0.987. The van der Waals surface area contributed by atoms with Gasteiger partial charge in [-0.15, -0.1) is 0 Å². The summed E-state index contributed by atoms with van der Waals surface area (Å²) in [6.07, 6.45) is 1.87. The van der Waals surface area contributed by atoms with Gasteiger partial charge in [0.2, 0.25) is 5.43 Å². The Balaban J connectivity index is 1.93. The molecule has 0 saturated heterocycles. The van der Waals surface area contributed by atoms with Crippen molar-refractivity contribution in [1.82, 2.24) is 14.7 Å². The number of amides is 1. The molecular weight excluding hydrogens is 366 g/mol. The molecule has 0 radical (unpaired) electrons. The number of carbonyl (C=O) groups excluding carboxylic acids is 1. The van der Waals surface area contributed by atoms with Crippen molar-refractivity contribution in [2.24, 2.45) is 0 Å². The zero-order valence-corrected chi connectivity index (χ0v) is 16.2. The summed E-state index contributed by atoms with van der Waals surface area (Å²) in [5.41, 5.74) is 1.50. The summed E-state index contributed by atoms with van der Waals surface area (Å²) in [4.78, 5) is 26.7. The molecule has 6 nitrogen and oxygen atoms in total. The standard InChI is InChI=1S/C23H23N3O3/c1-2-13-25-15-18(26-21(23(25)29)22(28)19(27)14-24-26)20(16-9-5-3-6-10-16)17-11-7-4-8-12-17/h3-12,14,18,20,28H,2,13,15H2,1H3. The molecule has 1 aliphatic heterocycles. The second kappa shape index (κ2) is 7.91. The first-order valence-corrected chi connectivity index (χ1v) is 9.81. The largest absolute Gasteiger partial charge is 0.502 e. The highest BCUT2D eigenvalue weighted by Gasteiger charge is 2.39. The summed E-state index contributed by atoms with van der Waals surface area (Å²) in [5, 5.41) is 14.7. The Hall–Kier alpha value is -3.41. The zero-order valence-electron chi connectivity index (χ0n) is 16.2. The van der Waals surface area contributed by atoms with Gasteiger partial charge in [-0.3, -0.25) is 14.3 Å². The molecule has 6 heteroatoms. The van der Waals surface area contributed by atoms with Gasteiger partial charge in [-0.25, -0.2) is 0 Å². The summed E-state index contributed by atoms with van der Waals surface area (Å²) in [6.45, 7) is 3.00. The lowest BCUT2D eigenvalue weighted by atomic mass is 9.83. The van der Waals surface area contributed by atoms with Crippen molar-refractivity contribution in [3.05, 3.63) is 93.9 Å². The van der Waals surface area contributed by atoms with Crippen LogP contribution in [-0.4, -0.2) is 38.8 Å². The SMILES string of the molecule is CCCN1CC(C(c2ccccc2)c2ccccc2)n2ncc(=O)c(O)c2C1=O. The Morgan fingerprint density at radius 3 is 2.17 bits per heavy atom. The fourth-order valence-corrected chi connectivity index (χ4v) is 4.11. The number of nitrogens with zero attached hydrogens (tertiary/aromatic N) is 3. The Kier molecular flexibility index (Phi) is 5.16. The van der Waals surface area contributed by atoms with Crippen LogP contribution in [-0.2, 0) is 0 Å². The van der Waals surface area contributed by atoms with Crippen LogP contribution in [0.25, 0.3) is 0 Å². The van der Waals surface area contributed by atoms with Gasteiger partial charge in [0.05, 0.1) is 12.2 Å². The van der Waals surface area contributed by atoms with E-state index >= 15 is 0 Å². The van der Waals surface area contributed by atoms with E-state index in [1.54, 1.807) is 4.90 Å². The number of aromatic hydroxyl groups is 1. The van der Waals surface area contributed by atoms with Crippen LogP contribution in [0.1, 0.15) is 46.9 Å². The predicted octanol–water partition coefficient (Wildman–Crippen LogP) is 3.19. The van der Waals surface area contributed by atoms with E-state index in [-0.39, 0.29) is 23.6 Å². The van der Waals surface area contributed by atoms with Crippen LogP contribution in [0.2, 0.25) is 0 Å². The van der Waals surface area contributed by atoms with Gasteiger partial charge in [0.15, 0.2) is 11.4 Å². The minimum atomic E-state index is -0.641. The highest BCUT2D eigenvalue weighted by Crippen LogP contribution is 2.39. The maximum absolute atomic E-state index is 13.0. The molecule has 0 fully saturated rings. The van der Waals surface area contributed by atoms with Crippen LogP contribution >= 0.6 is 0 Å². The van der Waals surface area contributed by atoms with E-state index in [1.807, 2.05) is 43.3 Å². The van der Waals surface area contributed by atoms with Crippen molar-refractivity contribution in [3.8, 4) is 5.75 Å². The van der Waals surface area contributed by atoms with Crippen LogP contribution in [0.15, 0.2) is 71.7 Å². The number of rotatable bonds is 5. The topological polar surface area (TPSA) is 75.4 Å². The van der Waals surface area contributed by atoms with Crippen molar-refractivity contribution in [1.29, 1.82) is 0 Å². The van der Waals surface area contributed by atoms with Gasteiger partial charge >= 0.3 is 0 Å². The highest BCUT2D eigenvalue weighted by molar-refractivity contribution is 5.95. The molecule has 1 unspecified atom stereocenters. The second-order valence-corrected chi connectivity index (χ2v) is 7.27. The van der Waals surface area contributed by atoms with E-state index in [1.165, 1.54) is 4.68 Å². The molecule has 0 bridgehead atoms. The number of hydrogen-bond acceptors (Lipinski definition) is 4. The lowest BCUT2D eigenvalue weighted by Crippen LogP contribution is -2.47. The van der Waals surface area contributed by atoms with Crippen molar-refractivity contribution in [2.45, 2.75) is 25.3 Å². The first kappa shape index (κ1) is 18.9. The summed E-state index contributed by atoms with van der Waals surface area (Å²) < 4.78 is 1.54. The number of fused-ring (bicyclic) bond motifs is 1. The van der Waals surface area contributed by atoms with Gasteiger partial charge in [-0.2, -0.15) is 5.10 Å². The van der Waals surface area contributed by atoms with E-state index in [2.05, 4.69) is 29.4 Å². The van der Waals surface area contributed by atoms with Gasteiger partial charge < -0.3 is 10.0 Å². The van der Waals surface area contributed by atoms with Gasteiger partial charge in [0.1, 0.15) is 0 Å². The van der Waals surface area contributed by atoms with E-state index in [4.69, 9.17) is 0 Å². The van der Waals surface area contributed by atoms with Gasteiger partial charge in [-0.1, -0.05) is 67.6 Å². The van der Waals surface area contributed by atoms with Gasteiger partial charge in [0.25, 0.3) is 5.91 Å². The third-order valence-corrected chi connectivity index (χ3v) is 5.39. The number of carbonyl (C=O) groups is 1. The number of hydrogen-bond donors (Lipinski definition) is 1. The molecule has 1 aromatic heterocycles. The predicted molar refractivity (Wildman–Crippen MR) is 110 cm³/mol. The van der Waals surface area contributed by atoms with Gasteiger partial charge in [0, 0.05) is 19.0 Å². The summed E-state index contributed by atoms with van der Waals surface area (Å²) in [6, 6.07) is 19.8. The minimum absolute atomic E-state index is 0.0286. The smallest absolute Gasteiger partial charge is 0.276 e. The molecule has 2 heterocycles. The molecule has 148 valence electrons. The maximum Gasteiger partial charge on any atom is 0.276 e. The molecule has 1 atom stereocenters. The van der Waals surface area contributed by atoms with Crippen LogP contribution in [0, 0.1) is 0 Å². The third kappa shape index (κ3) is 3.42. The molecule has 1 aliphatic rings. The van der Waals surface area contributed by atoms with Crippen molar-refractivity contribution >= 4 is 5.91 Å². The normalized spacial score (nSPS) is 16.1. The first-order valence-electron chi connectivity index (χ1n) is 9.81. The molecule has 0 saturated carbocycles. The molecule has 1 amide bonds. The monoisotopic (exact) mass is 389 g/mol. The average molecular weight is 389 g/mol. The average Bonchev–Trinajstić information content (AvgIpc) is 2.75. The van der Waals surface area contributed by atoms with Crippen LogP contribution in [0.4, 0.5) is 0 Å². The van der Waals surface area contributed by atoms with E-state index in [0.29, 0.717) is 13.1 Å². The molecular formula is C23H23N3O3. The number of benzene rings is 2. The molecule has 1 N–H and O–H groups in total. The van der Waals surface area contributed by atoms with Crippen molar-refractivity contribution in [3.63, 3.8) is 0 Å². The quantitative estimate of drug-likeness (QED) is 0.727. The maximum atomic E-state index is 13.0. The van der Waals surface area contributed by atoms with E-state index in [9.17, 15) is 14.7 Å². The third-order valence-electron chi connectivity index (χ3n) is 5.39. The van der Waals surface area contributed by atoms with E-state index < -0.39 is 11.2 Å². The molecule has 29 heavy (non-hydrogen) atoms. The lowest BCUT2D eigenvalue weighted by molar-refractivity contribution is 0.0634. The summed E-state index contributed by atoms with van der Waals surface area (Å²) in [7, 11) is 0. The molecule has 3 aromatic rings. The van der Waals surface area contributed by atoms with Crippen molar-refractivity contribution < 1.29 is 9.90 Å².